The number of nitrogen functional groups attached to an aromatic ring is 1. The van der Waals surface area contributed by atoms with Gasteiger partial charge in [-0.1, -0.05) is 0 Å². The van der Waals surface area contributed by atoms with E-state index in [1.165, 1.54) is 0 Å². The van der Waals surface area contributed by atoms with Gasteiger partial charge in [0.05, 0.1) is 30.2 Å². The lowest BCUT2D eigenvalue weighted by Crippen LogP contribution is -2.12. The Morgan fingerprint density at radius 2 is 1.93 bits per heavy atom. The molecule has 1 atom stereocenters. The molecular weight excluding hydrogens is 351 g/mol. The lowest BCUT2D eigenvalue weighted by Gasteiger charge is -2.15. The van der Waals surface area contributed by atoms with Crippen molar-refractivity contribution in [3.63, 3.8) is 0 Å². The fourth-order valence-corrected chi connectivity index (χ4v) is 2.28. The van der Waals surface area contributed by atoms with Gasteiger partial charge in [-0.2, -0.15) is 0 Å². The molecule has 3 heterocycles. The number of halogens is 1. The monoisotopic (exact) mass is 372 g/mol. The summed E-state index contributed by atoms with van der Waals surface area (Å²) in [5.74, 6) is 2.05. The van der Waals surface area contributed by atoms with Gasteiger partial charge in [-0.05, 0) is 32.9 Å². The Balaban J connectivity index is 1.72. The number of pyridine rings is 1. The van der Waals surface area contributed by atoms with Gasteiger partial charge in [0.25, 0.3) is 0 Å². The molecule has 5 N–H and O–H groups in total. The van der Waals surface area contributed by atoms with Crippen LogP contribution in [-0.2, 0) is 0 Å². The van der Waals surface area contributed by atoms with Crippen LogP contribution in [0.25, 0.3) is 0 Å². The van der Waals surface area contributed by atoms with Crippen molar-refractivity contribution in [1.82, 2.24) is 25.1 Å². The van der Waals surface area contributed by atoms with Crippen LogP contribution >= 0.6 is 0 Å². The van der Waals surface area contributed by atoms with Crippen molar-refractivity contribution < 1.29 is 9.13 Å². The Labute approximate surface area is 155 Å². The van der Waals surface area contributed by atoms with Crippen LogP contribution in [0.3, 0.4) is 0 Å². The zero-order valence-electron chi connectivity index (χ0n) is 15.2. The average Bonchev–Trinajstić information content (AvgIpc) is 3.04. The van der Waals surface area contributed by atoms with E-state index >= 15 is 0 Å². The molecule has 3 aromatic rings. The molecule has 0 saturated heterocycles. The minimum Gasteiger partial charge on any atom is -0.474 e. The Bertz CT molecular complexity index is 896. The summed E-state index contributed by atoms with van der Waals surface area (Å²) in [5, 5.41) is 13.1. The second-order valence-electron chi connectivity index (χ2n) is 6.17. The van der Waals surface area contributed by atoms with Crippen molar-refractivity contribution in [2.75, 3.05) is 16.4 Å². The molecule has 0 unspecified atom stereocenters. The van der Waals surface area contributed by atoms with Crippen molar-refractivity contribution in [2.45, 2.75) is 32.9 Å². The molecule has 0 amide bonds. The number of rotatable bonds is 7. The molecule has 142 valence electrons. The second kappa shape index (κ2) is 7.85. The van der Waals surface area contributed by atoms with Crippen LogP contribution in [0.2, 0.25) is 0 Å². The molecule has 0 radical (unpaired) electrons. The summed E-state index contributed by atoms with van der Waals surface area (Å²) in [6.07, 6.45) is 2.27. The van der Waals surface area contributed by atoms with E-state index in [0.29, 0.717) is 34.8 Å². The number of anilines is 4. The van der Waals surface area contributed by atoms with Crippen molar-refractivity contribution in [2.24, 2.45) is 0 Å². The van der Waals surface area contributed by atoms with E-state index in [1.54, 1.807) is 18.2 Å². The summed E-state index contributed by atoms with van der Waals surface area (Å²) >= 11 is 0. The number of hydrogen-bond donors (Lipinski definition) is 4. The highest BCUT2D eigenvalue weighted by molar-refractivity contribution is 5.69. The molecule has 0 aliphatic heterocycles. The van der Waals surface area contributed by atoms with Gasteiger partial charge in [-0.25, -0.2) is 19.3 Å². The first-order valence-electron chi connectivity index (χ1n) is 8.40. The molecule has 9 nitrogen and oxygen atoms in total. The van der Waals surface area contributed by atoms with Crippen LogP contribution in [-0.4, -0.2) is 31.3 Å². The van der Waals surface area contributed by atoms with E-state index in [2.05, 4.69) is 35.8 Å². The maximum atomic E-state index is 13.0. The van der Waals surface area contributed by atoms with Gasteiger partial charge in [0.2, 0.25) is 5.88 Å². The number of nitrogens with zero attached hydrogens (tertiary/aromatic N) is 4. The topological polar surface area (TPSA) is 127 Å². The van der Waals surface area contributed by atoms with Gasteiger partial charge in [-0.3, -0.25) is 5.10 Å². The Morgan fingerprint density at radius 3 is 2.63 bits per heavy atom. The van der Waals surface area contributed by atoms with Gasteiger partial charge >= 0.3 is 0 Å². The van der Waals surface area contributed by atoms with Crippen molar-refractivity contribution in [1.29, 1.82) is 0 Å². The summed E-state index contributed by atoms with van der Waals surface area (Å²) < 4.78 is 18.5. The maximum absolute atomic E-state index is 13.0. The first-order chi connectivity index (χ1) is 12.9. The Hall–Kier alpha value is -3.43. The third kappa shape index (κ3) is 4.81. The molecular formula is C17H21FN8O. The second-order valence-corrected chi connectivity index (χ2v) is 6.17. The highest BCUT2D eigenvalue weighted by Gasteiger charge is 2.12. The van der Waals surface area contributed by atoms with E-state index in [-0.39, 0.29) is 12.1 Å². The largest absolute Gasteiger partial charge is 0.474 e. The molecule has 0 saturated carbocycles. The van der Waals surface area contributed by atoms with E-state index in [9.17, 15) is 4.39 Å². The number of ether oxygens (including phenoxy) is 1. The van der Waals surface area contributed by atoms with Gasteiger partial charge < -0.3 is 21.1 Å². The minimum absolute atomic E-state index is 0.0204. The molecule has 0 fully saturated rings. The minimum atomic E-state index is -0.483. The fraction of sp³-hybridized carbons (Fsp3) is 0.294. The molecule has 0 aliphatic rings. The summed E-state index contributed by atoms with van der Waals surface area (Å²) in [7, 11) is 0. The van der Waals surface area contributed by atoms with E-state index in [4.69, 9.17) is 10.5 Å². The summed E-state index contributed by atoms with van der Waals surface area (Å²) in [5.41, 5.74) is 6.46. The van der Waals surface area contributed by atoms with E-state index in [0.717, 1.165) is 12.4 Å². The predicted octanol–water partition coefficient (Wildman–Crippen LogP) is 3.02. The van der Waals surface area contributed by atoms with Crippen molar-refractivity contribution in [3.8, 4) is 5.88 Å². The summed E-state index contributed by atoms with van der Waals surface area (Å²) in [4.78, 5) is 12.4. The summed E-state index contributed by atoms with van der Waals surface area (Å²) in [6.45, 7) is 5.69. The van der Waals surface area contributed by atoms with Crippen LogP contribution in [0.1, 0.15) is 32.6 Å². The fourth-order valence-electron chi connectivity index (χ4n) is 2.28. The first-order valence-corrected chi connectivity index (χ1v) is 8.40. The van der Waals surface area contributed by atoms with Gasteiger partial charge in [-0.15, -0.1) is 5.10 Å². The SMILES string of the molecule is CC(C)Oc1cc(Nc2nc(N[C@@H](C)c3ncc(F)cn3)ccc2N)[nH]n1. The molecule has 0 spiro atoms. The van der Waals surface area contributed by atoms with Gasteiger partial charge in [0.1, 0.15) is 17.5 Å². The zero-order chi connectivity index (χ0) is 19.4. The number of aromatic amines is 1. The molecule has 27 heavy (non-hydrogen) atoms. The van der Waals surface area contributed by atoms with Crippen LogP contribution in [0.15, 0.2) is 30.6 Å². The Morgan fingerprint density at radius 1 is 1.19 bits per heavy atom. The first kappa shape index (κ1) is 18.4. The number of H-pyrrole nitrogens is 1. The zero-order valence-corrected chi connectivity index (χ0v) is 15.2. The third-order valence-electron chi connectivity index (χ3n) is 3.48. The van der Waals surface area contributed by atoms with Crippen molar-refractivity contribution >= 4 is 23.1 Å². The highest BCUT2D eigenvalue weighted by atomic mass is 19.1. The third-order valence-corrected chi connectivity index (χ3v) is 3.48. The van der Waals surface area contributed by atoms with Crippen LogP contribution < -0.4 is 21.1 Å². The molecule has 0 aliphatic carbocycles. The standard InChI is InChI=1S/C17H21FN8O/c1-9(2)27-15-6-14(25-26-15)24-17-12(19)4-5-13(23-17)22-10(3)16-20-7-11(18)8-21-16/h4-10H,19H2,1-3H3,(H3,22,23,24,25,26)/t10-/m0/s1. The smallest absolute Gasteiger partial charge is 0.234 e. The molecule has 0 bridgehead atoms. The lowest BCUT2D eigenvalue weighted by atomic mass is 10.3. The van der Waals surface area contributed by atoms with Crippen LogP contribution in [0, 0.1) is 5.82 Å². The Kier molecular flexibility index (Phi) is 5.34. The molecule has 3 aromatic heterocycles. The normalized spacial score (nSPS) is 12.0. The quantitative estimate of drug-likeness (QED) is 0.498. The van der Waals surface area contributed by atoms with Crippen LogP contribution in [0.4, 0.5) is 27.5 Å². The van der Waals surface area contributed by atoms with Gasteiger partial charge in [0, 0.05) is 6.07 Å². The highest BCUT2D eigenvalue weighted by Crippen LogP contribution is 2.25. The summed E-state index contributed by atoms with van der Waals surface area (Å²) in [6, 6.07) is 4.90. The van der Waals surface area contributed by atoms with Crippen LogP contribution in [0.5, 0.6) is 5.88 Å². The molecule has 3 rings (SSSR count). The number of aromatic nitrogens is 5. The molecule has 0 aromatic carbocycles. The van der Waals surface area contributed by atoms with E-state index < -0.39 is 5.82 Å². The predicted molar refractivity (Wildman–Crippen MR) is 100 cm³/mol. The molecule has 10 heteroatoms. The lowest BCUT2D eigenvalue weighted by molar-refractivity contribution is 0.232. The number of nitrogens with two attached hydrogens (primary N) is 1. The number of hydrogen-bond acceptors (Lipinski definition) is 8. The number of nitrogens with one attached hydrogen (secondary N) is 3. The van der Waals surface area contributed by atoms with E-state index in [1.807, 2.05) is 20.8 Å². The van der Waals surface area contributed by atoms with Gasteiger partial charge in [0.15, 0.2) is 11.6 Å². The maximum Gasteiger partial charge on any atom is 0.234 e. The average molecular weight is 372 g/mol. The van der Waals surface area contributed by atoms with Crippen molar-refractivity contribution in [3.05, 3.63) is 42.2 Å².